The molecule has 1 unspecified atom stereocenters. The first-order valence-corrected chi connectivity index (χ1v) is 4.92. The Kier molecular flexibility index (Phi) is 4.14. The van der Waals surface area contributed by atoms with E-state index in [2.05, 4.69) is 12.2 Å². The quantitative estimate of drug-likeness (QED) is 0.632. The van der Waals surface area contributed by atoms with E-state index in [-0.39, 0.29) is 38.6 Å². The first-order valence-electron chi connectivity index (χ1n) is 4.92. The molecular formula is C12H14N2OY-2. The smallest absolute Gasteiger partial charge is 0.0316 e. The zero-order chi connectivity index (χ0) is 11.1. The maximum atomic E-state index is 11.6. The Bertz CT molecular complexity index is 419. The van der Waals surface area contributed by atoms with Gasteiger partial charge in [-0.2, -0.15) is 0 Å². The molecule has 1 aliphatic rings. The summed E-state index contributed by atoms with van der Waals surface area (Å²) in [6.07, 6.45) is 1.31. The number of hydrogen-bond donors (Lipinski definition) is 1. The van der Waals surface area contributed by atoms with Gasteiger partial charge < -0.3 is 22.8 Å². The minimum atomic E-state index is -0.606. The Morgan fingerprint density at radius 1 is 1.44 bits per heavy atom. The topological polar surface area (TPSA) is 57.2 Å². The average Bonchev–Trinajstić information content (AvgIpc) is 2.53. The van der Waals surface area contributed by atoms with Crippen LogP contribution in [0, 0.1) is 12.3 Å². The van der Waals surface area contributed by atoms with E-state index in [9.17, 15) is 4.79 Å². The van der Waals surface area contributed by atoms with Gasteiger partial charge in [0, 0.05) is 44.3 Å². The summed E-state index contributed by atoms with van der Waals surface area (Å²) in [6, 6.07) is 5.75. The van der Waals surface area contributed by atoms with Crippen molar-refractivity contribution in [3.8, 4) is 0 Å². The number of amides is 1. The van der Waals surface area contributed by atoms with Crippen LogP contribution in [-0.2, 0) is 50.3 Å². The summed E-state index contributed by atoms with van der Waals surface area (Å²) in [4.78, 5) is 11.6. The monoisotopic (exact) mass is 291 g/mol. The molecule has 1 atom stereocenters. The molecule has 16 heavy (non-hydrogen) atoms. The van der Waals surface area contributed by atoms with Crippen LogP contribution in [0.1, 0.15) is 11.1 Å². The van der Waals surface area contributed by atoms with Gasteiger partial charge in [-0.1, -0.05) is 6.07 Å². The van der Waals surface area contributed by atoms with Crippen molar-refractivity contribution in [1.29, 1.82) is 0 Å². The molecule has 0 saturated heterocycles. The van der Waals surface area contributed by atoms with Crippen molar-refractivity contribution in [3.05, 3.63) is 41.6 Å². The summed E-state index contributed by atoms with van der Waals surface area (Å²) < 4.78 is 0. The molecule has 4 heteroatoms. The van der Waals surface area contributed by atoms with Gasteiger partial charge in [-0.3, -0.25) is 0 Å². The number of nitrogens with zero attached hydrogens (tertiary/aromatic N) is 1. The summed E-state index contributed by atoms with van der Waals surface area (Å²) in [5.41, 5.74) is 8.12. The molecule has 83 valence electrons. The third kappa shape index (κ3) is 2.30. The van der Waals surface area contributed by atoms with E-state index in [0.29, 0.717) is 12.8 Å². The molecule has 1 aliphatic carbocycles. The van der Waals surface area contributed by atoms with Crippen LogP contribution >= 0.6 is 0 Å². The van der Waals surface area contributed by atoms with Gasteiger partial charge in [0.05, 0.1) is 0 Å². The van der Waals surface area contributed by atoms with Crippen molar-refractivity contribution in [2.75, 3.05) is 12.8 Å². The third-order valence-electron chi connectivity index (χ3n) is 2.94. The second-order valence-corrected chi connectivity index (χ2v) is 4.19. The van der Waals surface area contributed by atoms with E-state index in [1.165, 1.54) is 7.05 Å². The molecule has 0 heterocycles. The van der Waals surface area contributed by atoms with E-state index < -0.39 is 5.41 Å². The predicted molar refractivity (Wildman–Crippen MR) is 60.3 cm³/mol. The van der Waals surface area contributed by atoms with Crippen molar-refractivity contribution >= 4 is 11.6 Å². The average molecular weight is 291 g/mol. The third-order valence-corrected chi connectivity index (χ3v) is 2.94. The zero-order valence-corrected chi connectivity index (χ0v) is 12.2. The molecule has 2 N–H and O–H groups in total. The van der Waals surface area contributed by atoms with Crippen LogP contribution in [0.4, 0.5) is 5.69 Å². The van der Waals surface area contributed by atoms with E-state index in [1.807, 2.05) is 18.2 Å². The van der Waals surface area contributed by atoms with Gasteiger partial charge in [-0.15, -0.1) is 12.5 Å². The molecular weight excluding hydrogens is 277 g/mol. The number of carbonyl (C=O) groups is 1. The molecule has 0 fully saturated rings. The van der Waals surface area contributed by atoms with Gasteiger partial charge in [-0.05, 0) is 36.1 Å². The molecule has 0 bridgehead atoms. The van der Waals surface area contributed by atoms with Gasteiger partial charge in [0.15, 0.2) is 0 Å². The Morgan fingerprint density at radius 3 is 2.69 bits per heavy atom. The van der Waals surface area contributed by atoms with Crippen LogP contribution in [0.5, 0.6) is 0 Å². The Morgan fingerprint density at radius 2 is 2.06 bits per heavy atom. The first kappa shape index (κ1) is 13.7. The van der Waals surface area contributed by atoms with Crippen molar-refractivity contribution in [3.63, 3.8) is 0 Å². The number of benzene rings is 1. The number of nitrogen functional groups attached to an aromatic ring is 1. The van der Waals surface area contributed by atoms with E-state index in [1.54, 1.807) is 0 Å². The Balaban J connectivity index is 0.00000128. The maximum absolute atomic E-state index is 11.6. The normalized spacial score (nSPS) is 22.1. The van der Waals surface area contributed by atoms with Crippen molar-refractivity contribution in [1.82, 2.24) is 0 Å². The summed E-state index contributed by atoms with van der Waals surface area (Å²) in [7, 11) is 1.52. The second kappa shape index (κ2) is 4.84. The SMILES string of the molecule is [CH2-]C1(C(=O)[N-]C)Cc2ccc(N)cc2C1.[Y]. The fourth-order valence-corrected chi connectivity index (χ4v) is 2.16. The van der Waals surface area contributed by atoms with Crippen LogP contribution < -0.4 is 5.73 Å². The number of rotatable bonds is 1. The first-order chi connectivity index (χ1) is 7.05. The van der Waals surface area contributed by atoms with Crippen molar-refractivity contribution in [2.24, 2.45) is 5.41 Å². The van der Waals surface area contributed by atoms with Crippen LogP contribution in [0.25, 0.3) is 5.32 Å². The molecule has 0 aromatic heterocycles. The van der Waals surface area contributed by atoms with Crippen molar-refractivity contribution in [2.45, 2.75) is 12.8 Å². The van der Waals surface area contributed by atoms with Crippen LogP contribution in [-0.4, -0.2) is 13.0 Å². The number of nitrogens with two attached hydrogens (primary N) is 1. The van der Waals surface area contributed by atoms with Gasteiger partial charge in [0.25, 0.3) is 0 Å². The molecule has 0 aliphatic heterocycles. The Hall–Kier alpha value is -0.406. The van der Waals surface area contributed by atoms with E-state index in [4.69, 9.17) is 5.73 Å². The molecule has 2 rings (SSSR count). The standard InChI is InChI=1S/C12H15N2O.Y/c1-12(11(15)14-2)6-8-3-4-10(13)5-9(8)7-12;/h3-5H,1,6-7,13H2,2H3,(H,14,15);/q-1;/p-1. The number of anilines is 1. The van der Waals surface area contributed by atoms with Gasteiger partial charge in [-0.25, -0.2) is 0 Å². The number of hydrogen-bond acceptors (Lipinski definition) is 2. The molecule has 0 spiro atoms. The largest absolute Gasteiger partial charge is 0.658 e. The molecule has 3 nitrogen and oxygen atoms in total. The van der Waals surface area contributed by atoms with Crippen molar-refractivity contribution < 1.29 is 37.5 Å². The maximum Gasteiger partial charge on any atom is 0.0316 e. The molecule has 1 aromatic carbocycles. The van der Waals surface area contributed by atoms with Crippen LogP contribution in [0.15, 0.2) is 18.2 Å². The van der Waals surface area contributed by atoms with Crippen LogP contribution in [0.3, 0.4) is 0 Å². The van der Waals surface area contributed by atoms with Gasteiger partial charge in [0.2, 0.25) is 0 Å². The molecule has 0 saturated carbocycles. The number of fused-ring (bicyclic) bond motifs is 1. The summed E-state index contributed by atoms with van der Waals surface area (Å²) in [5.74, 6) is -0.128. The summed E-state index contributed by atoms with van der Waals surface area (Å²) in [6.45, 7) is 4.00. The minimum absolute atomic E-state index is 0. The van der Waals surface area contributed by atoms with Crippen LogP contribution in [0.2, 0.25) is 0 Å². The second-order valence-electron chi connectivity index (χ2n) is 4.19. The van der Waals surface area contributed by atoms with Gasteiger partial charge in [0.1, 0.15) is 0 Å². The fourth-order valence-electron chi connectivity index (χ4n) is 2.16. The number of carbonyl (C=O) groups excluding carboxylic acids is 1. The fraction of sp³-hybridized carbons (Fsp3) is 0.333. The minimum Gasteiger partial charge on any atom is -0.658 e. The van der Waals surface area contributed by atoms with E-state index >= 15 is 0 Å². The molecule has 1 aromatic rings. The Labute approximate surface area is 121 Å². The van der Waals surface area contributed by atoms with Gasteiger partial charge >= 0.3 is 0 Å². The molecule has 1 radical (unpaired) electrons. The zero-order valence-electron chi connectivity index (χ0n) is 9.36. The molecule has 1 amide bonds. The summed E-state index contributed by atoms with van der Waals surface area (Å²) in [5, 5.41) is 3.72. The van der Waals surface area contributed by atoms with E-state index in [0.717, 1.165) is 16.8 Å². The predicted octanol–water partition coefficient (Wildman–Crippen LogP) is 1.72. The summed E-state index contributed by atoms with van der Waals surface area (Å²) >= 11 is 0.